The molecule has 158 valence electrons. The van der Waals surface area contributed by atoms with Crippen molar-refractivity contribution >= 4 is 27.7 Å². The van der Waals surface area contributed by atoms with E-state index in [4.69, 9.17) is 4.74 Å². The number of esters is 1. The number of Topliss-reactive ketones (excluding diaryl/α,β-unsaturated/α-hetero) is 1. The first-order valence-electron chi connectivity index (χ1n) is 11.1. The smallest absolute Gasteiger partial charge is 0.302 e. The number of hydrogen-bond donors (Lipinski definition) is 1. The number of carbonyl (C=O) groups excluding carboxylic acids is 2. The number of aliphatic hydroxyl groups excluding tert-OH is 1. The van der Waals surface area contributed by atoms with Crippen LogP contribution in [0.4, 0.5) is 0 Å². The number of rotatable bonds is 3. The van der Waals surface area contributed by atoms with Gasteiger partial charge in [-0.15, -0.1) is 0 Å². The van der Waals surface area contributed by atoms with E-state index < -0.39 is 0 Å². The van der Waals surface area contributed by atoms with Gasteiger partial charge >= 0.3 is 5.97 Å². The molecule has 0 spiro atoms. The minimum atomic E-state index is -0.269. The van der Waals surface area contributed by atoms with Crippen LogP contribution in [-0.4, -0.2) is 34.4 Å². The Kier molecular flexibility index (Phi) is 5.48. The Morgan fingerprint density at radius 3 is 2.36 bits per heavy atom. The molecule has 28 heavy (non-hydrogen) atoms. The number of fused-ring (bicyclic) bond motifs is 5. The Labute approximate surface area is 177 Å². The van der Waals surface area contributed by atoms with Crippen molar-refractivity contribution in [2.45, 2.75) is 84.3 Å². The molecule has 0 radical (unpaired) electrons. The average molecular weight is 455 g/mol. The molecule has 4 aliphatic rings. The minimum Gasteiger partial charge on any atom is -0.462 e. The third-order valence-electron chi connectivity index (χ3n) is 9.46. The number of ketones is 1. The zero-order valence-corrected chi connectivity index (χ0v) is 19.0. The maximum Gasteiger partial charge on any atom is 0.302 e. The quantitative estimate of drug-likeness (QED) is 0.503. The summed E-state index contributed by atoms with van der Waals surface area (Å²) < 4.78 is 5.88. The number of carbonyl (C=O) groups is 2. The van der Waals surface area contributed by atoms with Crippen molar-refractivity contribution in [3.8, 4) is 0 Å². The first-order valence-corrected chi connectivity index (χ1v) is 12.3. The molecule has 4 aliphatic carbocycles. The summed E-state index contributed by atoms with van der Waals surface area (Å²) in [6, 6.07) is 0. The van der Waals surface area contributed by atoms with Crippen molar-refractivity contribution in [2.24, 2.45) is 40.4 Å². The average Bonchev–Trinajstić information content (AvgIpc) is 2.99. The highest BCUT2D eigenvalue weighted by atomic mass is 79.9. The molecule has 4 rings (SSSR count). The highest BCUT2D eigenvalue weighted by molar-refractivity contribution is 9.09. The van der Waals surface area contributed by atoms with Gasteiger partial charge in [-0.25, -0.2) is 0 Å². The fourth-order valence-electron chi connectivity index (χ4n) is 8.21. The molecule has 5 heteroatoms. The van der Waals surface area contributed by atoms with Gasteiger partial charge in [0.15, 0.2) is 0 Å². The van der Waals surface area contributed by atoms with Gasteiger partial charge in [0.2, 0.25) is 0 Å². The molecule has 4 fully saturated rings. The van der Waals surface area contributed by atoms with E-state index in [0.29, 0.717) is 28.9 Å². The van der Waals surface area contributed by atoms with Gasteiger partial charge in [0.25, 0.3) is 0 Å². The monoisotopic (exact) mass is 454 g/mol. The SMILES string of the molecule is CC(=O)O[C@H]1C[C@@H]2[C@H](CC[C@]3(C)[C@@H](C(=O)CBr)CC[C@@H]23)[C@@]2(C)CC[C@@H](O)C[C@H]12. The van der Waals surface area contributed by atoms with E-state index in [9.17, 15) is 14.7 Å². The summed E-state index contributed by atoms with van der Waals surface area (Å²) in [5.74, 6) is 2.27. The van der Waals surface area contributed by atoms with Gasteiger partial charge in [-0.2, -0.15) is 0 Å². The summed E-state index contributed by atoms with van der Waals surface area (Å²) in [7, 11) is 0. The van der Waals surface area contributed by atoms with Crippen LogP contribution < -0.4 is 0 Å². The Hall–Kier alpha value is -0.420. The second-order valence-electron chi connectivity index (χ2n) is 10.6. The fraction of sp³-hybridized carbons (Fsp3) is 0.913. The van der Waals surface area contributed by atoms with Gasteiger partial charge < -0.3 is 9.84 Å². The molecule has 1 N–H and O–H groups in total. The van der Waals surface area contributed by atoms with Crippen LogP contribution in [0.5, 0.6) is 0 Å². The molecule has 4 saturated carbocycles. The van der Waals surface area contributed by atoms with Gasteiger partial charge in [0, 0.05) is 18.8 Å². The fourth-order valence-corrected chi connectivity index (χ4v) is 8.60. The van der Waals surface area contributed by atoms with E-state index in [1.807, 2.05) is 0 Å². The van der Waals surface area contributed by atoms with Crippen molar-refractivity contribution in [3.63, 3.8) is 0 Å². The largest absolute Gasteiger partial charge is 0.462 e. The van der Waals surface area contributed by atoms with Crippen molar-refractivity contribution in [2.75, 3.05) is 5.33 Å². The second kappa shape index (κ2) is 7.37. The van der Waals surface area contributed by atoms with Crippen molar-refractivity contribution in [1.29, 1.82) is 0 Å². The van der Waals surface area contributed by atoms with Crippen molar-refractivity contribution < 1.29 is 19.4 Å². The lowest BCUT2D eigenvalue weighted by atomic mass is 9.44. The molecule has 0 unspecified atom stereocenters. The van der Waals surface area contributed by atoms with E-state index in [2.05, 4.69) is 29.8 Å². The van der Waals surface area contributed by atoms with Crippen LogP contribution in [0.2, 0.25) is 0 Å². The summed E-state index contributed by atoms with van der Waals surface area (Å²) in [6.07, 6.45) is 7.60. The molecule has 0 bridgehead atoms. The van der Waals surface area contributed by atoms with Crippen molar-refractivity contribution in [3.05, 3.63) is 0 Å². The van der Waals surface area contributed by atoms with E-state index in [0.717, 1.165) is 44.9 Å². The summed E-state index contributed by atoms with van der Waals surface area (Å²) in [6.45, 7) is 6.26. The first-order chi connectivity index (χ1) is 13.2. The molecule has 0 aliphatic heterocycles. The van der Waals surface area contributed by atoms with E-state index in [1.165, 1.54) is 13.3 Å². The number of alkyl halides is 1. The Balaban J connectivity index is 1.67. The molecule has 0 aromatic carbocycles. The predicted molar refractivity (Wildman–Crippen MR) is 111 cm³/mol. The van der Waals surface area contributed by atoms with Crippen LogP contribution in [-0.2, 0) is 14.3 Å². The molecular weight excluding hydrogens is 420 g/mol. The van der Waals surface area contributed by atoms with Crippen LogP contribution in [0.25, 0.3) is 0 Å². The Bertz CT molecular complexity index is 651. The second-order valence-corrected chi connectivity index (χ2v) is 11.1. The summed E-state index contributed by atoms with van der Waals surface area (Å²) in [4.78, 5) is 24.5. The molecule has 0 aromatic heterocycles. The minimum absolute atomic E-state index is 0.0875. The first kappa shape index (κ1) is 20.8. The summed E-state index contributed by atoms with van der Waals surface area (Å²) >= 11 is 3.40. The van der Waals surface area contributed by atoms with Crippen LogP contribution in [0.1, 0.15) is 72.1 Å². The predicted octanol–water partition coefficient (Wildman–Crippen LogP) is 4.51. The lowest BCUT2D eigenvalue weighted by molar-refractivity contribution is -0.191. The number of hydrogen-bond acceptors (Lipinski definition) is 4. The Morgan fingerprint density at radius 2 is 1.68 bits per heavy atom. The van der Waals surface area contributed by atoms with E-state index in [1.54, 1.807) is 0 Å². The van der Waals surface area contributed by atoms with Gasteiger partial charge in [-0.3, -0.25) is 9.59 Å². The topological polar surface area (TPSA) is 63.6 Å². The number of aliphatic hydroxyl groups is 1. The lowest BCUT2D eigenvalue weighted by Crippen LogP contribution is -2.59. The standard InChI is InChI=1S/C23H35BrO4/c1-13(25)28-21-11-15-16-4-5-18(20(27)12-24)22(16,2)9-7-17(15)23(3)8-6-14(26)10-19(21)23/h14-19,21,26H,4-12H2,1-3H3/t14-,15+,16+,17+,18-,19-,21+,22+,23-/m1/s1. The molecule has 0 saturated heterocycles. The van der Waals surface area contributed by atoms with Crippen LogP contribution in [0.15, 0.2) is 0 Å². The zero-order valence-electron chi connectivity index (χ0n) is 17.5. The molecular formula is C23H35BrO4. The van der Waals surface area contributed by atoms with Gasteiger partial charge in [0.05, 0.1) is 11.4 Å². The van der Waals surface area contributed by atoms with Gasteiger partial charge in [-0.05, 0) is 80.0 Å². The highest BCUT2D eigenvalue weighted by Crippen LogP contribution is 2.67. The van der Waals surface area contributed by atoms with E-state index in [-0.39, 0.29) is 40.8 Å². The molecule has 0 amide bonds. The molecule has 4 nitrogen and oxygen atoms in total. The molecule has 9 atom stereocenters. The van der Waals surface area contributed by atoms with E-state index >= 15 is 0 Å². The number of halogens is 1. The number of ether oxygens (including phenoxy) is 1. The van der Waals surface area contributed by atoms with Crippen LogP contribution in [0.3, 0.4) is 0 Å². The van der Waals surface area contributed by atoms with Crippen LogP contribution >= 0.6 is 15.9 Å². The lowest BCUT2D eigenvalue weighted by Gasteiger charge is -2.62. The zero-order chi connectivity index (χ0) is 20.3. The third-order valence-corrected chi connectivity index (χ3v) is 10.0. The van der Waals surface area contributed by atoms with Gasteiger partial charge in [0.1, 0.15) is 11.9 Å². The van der Waals surface area contributed by atoms with Crippen LogP contribution in [0, 0.1) is 40.4 Å². The normalized spacial score (nSPS) is 50.2. The van der Waals surface area contributed by atoms with Crippen molar-refractivity contribution in [1.82, 2.24) is 0 Å². The Morgan fingerprint density at radius 1 is 1.00 bits per heavy atom. The van der Waals surface area contributed by atoms with Gasteiger partial charge in [-0.1, -0.05) is 29.8 Å². The highest BCUT2D eigenvalue weighted by Gasteiger charge is 2.63. The third kappa shape index (κ3) is 3.10. The summed E-state index contributed by atoms with van der Waals surface area (Å²) in [5, 5.41) is 10.8. The maximum absolute atomic E-state index is 12.6. The molecule has 0 aromatic rings. The molecule has 0 heterocycles. The summed E-state index contributed by atoms with van der Waals surface area (Å²) in [5.41, 5.74) is 0.214. The maximum atomic E-state index is 12.6.